The summed E-state index contributed by atoms with van der Waals surface area (Å²) in [6, 6.07) is 16.2. The highest BCUT2D eigenvalue weighted by Crippen LogP contribution is 2.46. The van der Waals surface area contributed by atoms with Crippen LogP contribution in [0.5, 0.6) is 0 Å². The van der Waals surface area contributed by atoms with Crippen molar-refractivity contribution in [1.29, 1.82) is 0 Å². The number of allylic oxidation sites excluding steroid dienone is 5. The van der Waals surface area contributed by atoms with Gasteiger partial charge in [-0.3, -0.25) is 19.4 Å². The van der Waals surface area contributed by atoms with Crippen LogP contribution in [0.3, 0.4) is 0 Å². The normalized spacial score (nSPS) is 23.0. The molecule has 0 fully saturated rings. The molecule has 2 aromatic carbocycles. The fraction of sp³-hybridized carbons (Fsp3) is 0.333. The van der Waals surface area contributed by atoms with Crippen LogP contribution < -0.4 is 5.32 Å². The maximum atomic E-state index is 14.0. The SMILES string of the molecule is CCNC(=O)C1=C(C)N=C2C=C(CC3=C(C)C(c4ccc(C)cc4)C(=O)C3)C(=O)C2C1c1ccc(C)cc1. The molecule has 5 rings (SSSR count). The Morgan fingerprint density at radius 3 is 2.11 bits per heavy atom. The minimum Gasteiger partial charge on any atom is -0.353 e. The van der Waals surface area contributed by atoms with Gasteiger partial charge in [0.05, 0.1) is 17.5 Å². The van der Waals surface area contributed by atoms with Crippen molar-refractivity contribution >= 4 is 23.2 Å². The first kappa shape index (κ1) is 25.8. The summed E-state index contributed by atoms with van der Waals surface area (Å²) in [4.78, 5) is 45.0. The van der Waals surface area contributed by atoms with E-state index in [1.54, 1.807) is 0 Å². The third kappa shape index (κ3) is 4.51. The van der Waals surface area contributed by atoms with E-state index >= 15 is 0 Å². The quantitative estimate of drug-likeness (QED) is 0.500. The number of hydrogen-bond donors (Lipinski definition) is 1. The maximum absolute atomic E-state index is 14.0. The van der Waals surface area contributed by atoms with Crippen LogP contribution in [0.25, 0.3) is 0 Å². The van der Waals surface area contributed by atoms with Crippen LogP contribution >= 0.6 is 0 Å². The van der Waals surface area contributed by atoms with Crippen molar-refractivity contribution in [3.63, 3.8) is 0 Å². The maximum Gasteiger partial charge on any atom is 0.249 e. The molecule has 194 valence electrons. The highest BCUT2D eigenvalue weighted by Gasteiger charge is 2.46. The number of likely N-dealkylation sites (N-methyl/N-ethyl adjacent to an activating group) is 1. The van der Waals surface area contributed by atoms with Gasteiger partial charge >= 0.3 is 0 Å². The van der Waals surface area contributed by atoms with E-state index < -0.39 is 11.8 Å². The second-order valence-corrected chi connectivity index (χ2v) is 10.7. The Labute approximate surface area is 224 Å². The van der Waals surface area contributed by atoms with Gasteiger partial charge in [0.25, 0.3) is 0 Å². The third-order valence-electron chi connectivity index (χ3n) is 8.10. The lowest BCUT2D eigenvalue weighted by Gasteiger charge is -2.30. The topological polar surface area (TPSA) is 75.6 Å². The molecular formula is C33H34N2O3. The zero-order valence-electron chi connectivity index (χ0n) is 22.7. The predicted octanol–water partition coefficient (Wildman–Crippen LogP) is 5.84. The fourth-order valence-electron chi connectivity index (χ4n) is 6.10. The average molecular weight is 507 g/mol. The van der Waals surface area contributed by atoms with Crippen molar-refractivity contribution in [1.82, 2.24) is 5.32 Å². The van der Waals surface area contributed by atoms with Crippen LogP contribution in [0.15, 0.2) is 87.6 Å². The summed E-state index contributed by atoms with van der Waals surface area (Å²) in [5, 5.41) is 2.92. The Morgan fingerprint density at radius 2 is 1.50 bits per heavy atom. The van der Waals surface area contributed by atoms with Gasteiger partial charge in [-0.25, -0.2) is 0 Å². The molecule has 0 spiro atoms. The average Bonchev–Trinajstić information content (AvgIpc) is 3.34. The number of amides is 1. The summed E-state index contributed by atoms with van der Waals surface area (Å²) in [6.45, 7) is 10.3. The zero-order chi connectivity index (χ0) is 27.1. The fourth-order valence-corrected chi connectivity index (χ4v) is 6.10. The minimum absolute atomic E-state index is 0.00448. The monoisotopic (exact) mass is 506 g/mol. The van der Waals surface area contributed by atoms with E-state index in [1.807, 2.05) is 89.2 Å². The molecule has 3 atom stereocenters. The molecule has 0 saturated carbocycles. The van der Waals surface area contributed by atoms with Gasteiger partial charge in [-0.15, -0.1) is 0 Å². The van der Waals surface area contributed by atoms with E-state index in [0.29, 0.717) is 41.9 Å². The highest BCUT2D eigenvalue weighted by atomic mass is 16.2. The summed E-state index contributed by atoms with van der Waals surface area (Å²) in [7, 11) is 0. The Morgan fingerprint density at radius 1 is 0.895 bits per heavy atom. The second kappa shape index (κ2) is 10.1. The third-order valence-corrected chi connectivity index (χ3v) is 8.10. The summed E-state index contributed by atoms with van der Waals surface area (Å²) in [6.07, 6.45) is 2.69. The second-order valence-electron chi connectivity index (χ2n) is 10.7. The molecule has 5 heteroatoms. The molecule has 0 bridgehead atoms. The first-order valence-corrected chi connectivity index (χ1v) is 13.4. The van der Waals surface area contributed by atoms with Crippen molar-refractivity contribution in [2.24, 2.45) is 10.9 Å². The van der Waals surface area contributed by atoms with E-state index in [1.165, 1.54) is 0 Å². The molecule has 0 radical (unpaired) electrons. The van der Waals surface area contributed by atoms with Gasteiger partial charge in [0.1, 0.15) is 5.78 Å². The van der Waals surface area contributed by atoms with Crippen LogP contribution in [0.2, 0.25) is 0 Å². The molecular weight excluding hydrogens is 472 g/mol. The molecule has 1 N–H and O–H groups in total. The van der Waals surface area contributed by atoms with Gasteiger partial charge in [-0.05, 0) is 58.2 Å². The Balaban J connectivity index is 1.50. The van der Waals surface area contributed by atoms with Gasteiger partial charge in [0, 0.05) is 35.7 Å². The van der Waals surface area contributed by atoms with E-state index in [-0.39, 0.29) is 23.4 Å². The van der Waals surface area contributed by atoms with Gasteiger partial charge in [0.15, 0.2) is 5.78 Å². The van der Waals surface area contributed by atoms with Gasteiger partial charge in [0.2, 0.25) is 5.91 Å². The lowest BCUT2D eigenvalue weighted by atomic mass is 9.74. The highest BCUT2D eigenvalue weighted by molar-refractivity contribution is 6.26. The van der Waals surface area contributed by atoms with Crippen LogP contribution in [0.4, 0.5) is 0 Å². The number of ketones is 2. The largest absolute Gasteiger partial charge is 0.353 e. The van der Waals surface area contributed by atoms with Gasteiger partial charge < -0.3 is 5.32 Å². The standard InChI is InChI=1S/C33H34N2O3/c1-6-34-33(38)29-21(5)35-26-16-25(32(37)31(26)30(29)23-13-9-19(3)10-14-23)15-24-17-27(36)28(20(24)4)22-11-7-18(2)8-12-22/h7-14,16,28,30-31H,6,15,17H2,1-5H3,(H,34,38). The Hall–Kier alpha value is -3.86. The number of fused-ring (bicyclic) bond motifs is 1. The molecule has 0 aromatic heterocycles. The smallest absolute Gasteiger partial charge is 0.249 e. The molecule has 1 aliphatic heterocycles. The number of nitrogens with zero attached hydrogens (tertiary/aromatic N) is 1. The molecule has 5 nitrogen and oxygen atoms in total. The van der Waals surface area contributed by atoms with Crippen molar-refractivity contribution < 1.29 is 14.4 Å². The number of benzene rings is 2. The first-order chi connectivity index (χ1) is 18.2. The van der Waals surface area contributed by atoms with Gasteiger partial charge in [-0.2, -0.15) is 0 Å². The molecule has 1 amide bonds. The summed E-state index contributed by atoms with van der Waals surface area (Å²) < 4.78 is 0. The van der Waals surface area contributed by atoms with Crippen molar-refractivity contribution in [3.8, 4) is 0 Å². The number of hydrogen-bond acceptors (Lipinski definition) is 4. The molecule has 0 saturated heterocycles. The van der Waals surface area contributed by atoms with E-state index in [2.05, 4.69) is 5.32 Å². The number of aryl methyl sites for hydroxylation is 2. The van der Waals surface area contributed by atoms with Gasteiger partial charge in [-0.1, -0.05) is 70.8 Å². The van der Waals surface area contributed by atoms with Crippen molar-refractivity contribution in [3.05, 3.63) is 105 Å². The predicted molar refractivity (Wildman–Crippen MR) is 150 cm³/mol. The van der Waals surface area contributed by atoms with Crippen LogP contribution in [0, 0.1) is 19.8 Å². The number of rotatable bonds is 6. The minimum atomic E-state index is -0.542. The van der Waals surface area contributed by atoms with Crippen LogP contribution in [0.1, 0.15) is 67.7 Å². The summed E-state index contributed by atoms with van der Waals surface area (Å²) >= 11 is 0. The van der Waals surface area contributed by atoms with E-state index in [4.69, 9.17) is 4.99 Å². The number of carbonyl (C=O) groups excluding carboxylic acids is 3. The first-order valence-electron chi connectivity index (χ1n) is 13.4. The zero-order valence-corrected chi connectivity index (χ0v) is 22.7. The molecule has 3 unspecified atom stereocenters. The van der Waals surface area contributed by atoms with Crippen molar-refractivity contribution in [2.75, 3.05) is 6.54 Å². The van der Waals surface area contributed by atoms with E-state index in [0.717, 1.165) is 33.4 Å². The number of aliphatic imine (C=N–C) groups is 1. The lowest BCUT2D eigenvalue weighted by Crippen LogP contribution is -2.36. The summed E-state index contributed by atoms with van der Waals surface area (Å²) in [5.41, 5.74) is 8.84. The molecule has 1 heterocycles. The lowest BCUT2D eigenvalue weighted by molar-refractivity contribution is -0.120. The molecule has 3 aliphatic rings. The summed E-state index contributed by atoms with van der Waals surface area (Å²) in [5.74, 6) is -1.21. The van der Waals surface area contributed by atoms with Crippen LogP contribution in [-0.2, 0) is 14.4 Å². The number of Topliss-reactive ketones (excluding diaryl/α,β-unsaturated/α-hetero) is 2. The Bertz CT molecular complexity index is 1450. The van der Waals surface area contributed by atoms with Crippen molar-refractivity contribution in [2.45, 2.75) is 59.3 Å². The molecule has 38 heavy (non-hydrogen) atoms. The number of carbonyl (C=O) groups is 3. The van der Waals surface area contributed by atoms with E-state index in [9.17, 15) is 14.4 Å². The molecule has 2 aliphatic carbocycles. The number of nitrogens with one attached hydrogen (secondary N) is 1. The van der Waals surface area contributed by atoms with Crippen LogP contribution in [-0.4, -0.2) is 29.7 Å². The molecule has 2 aromatic rings. The Kier molecular flexibility index (Phi) is 6.87.